The zero-order valence-electron chi connectivity index (χ0n) is 16.6. The number of ketones is 2. The molecule has 5 nitrogen and oxygen atoms in total. The van der Waals surface area contributed by atoms with Crippen LogP contribution in [0.4, 0.5) is 8.78 Å². The number of carbonyl (C=O) groups is 3. The number of fused-ring (bicyclic) bond motifs is 5. The smallest absolute Gasteiger partial charge is 0.293 e. The average Bonchev–Trinajstić information content (AvgIpc) is 3.00. The number of hydrogen-bond acceptors (Lipinski definition) is 5. The molecule has 4 aliphatic rings. The summed E-state index contributed by atoms with van der Waals surface area (Å²) in [7, 11) is 0. The molecule has 3 fully saturated rings. The summed E-state index contributed by atoms with van der Waals surface area (Å²) >= 11 is 0. The third-order valence-corrected chi connectivity index (χ3v) is 8.31. The largest absolute Gasteiger partial charge is 0.460 e. The Morgan fingerprint density at radius 2 is 2.07 bits per heavy atom. The predicted molar refractivity (Wildman–Crippen MR) is 99.1 cm³/mol. The molecular formula is C22H26F2O5. The Morgan fingerprint density at radius 3 is 2.76 bits per heavy atom. The maximum absolute atomic E-state index is 16.8. The number of aliphatic hydroxyl groups is 1. The van der Waals surface area contributed by atoms with Gasteiger partial charge in [0.1, 0.15) is 12.8 Å². The zero-order valence-corrected chi connectivity index (χ0v) is 16.6. The molecule has 158 valence electrons. The minimum Gasteiger partial charge on any atom is -0.460 e. The van der Waals surface area contributed by atoms with E-state index in [2.05, 4.69) is 4.74 Å². The fourth-order valence-electron chi connectivity index (χ4n) is 6.95. The number of carbonyl (C=O) groups excluding carboxylic acids is 3. The third-order valence-electron chi connectivity index (χ3n) is 8.31. The van der Waals surface area contributed by atoms with Crippen LogP contribution < -0.4 is 0 Å². The molecule has 8 atom stereocenters. The zero-order chi connectivity index (χ0) is 21.2. The maximum Gasteiger partial charge on any atom is 0.293 e. The summed E-state index contributed by atoms with van der Waals surface area (Å²) in [6.45, 7) is 3.29. The van der Waals surface area contributed by atoms with Crippen molar-refractivity contribution < 1.29 is 33.0 Å². The van der Waals surface area contributed by atoms with Crippen molar-refractivity contribution in [1.82, 2.24) is 0 Å². The molecule has 0 spiro atoms. The van der Waals surface area contributed by atoms with Gasteiger partial charge in [-0.15, -0.1) is 0 Å². The lowest BCUT2D eigenvalue weighted by molar-refractivity contribution is -0.202. The number of ether oxygens (including phenoxy) is 1. The number of alkyl halides is 2. The molecule has 4 rings (SSSR count). The number of hydrogen-bond donors (Lipinski definition) is 1. The number of rotatable bonds is 4. The summed E-state index contributed by atoms with van der Waals surface area (Å²) in [5, 5.41) is 11.1. The number of Topliss-reactive ketones (excluding diaryl/α,β-unsaturated/α-hetero) is 1. The van der Waals surface area contributed by atoms with E-state index in [1.165, 1.54) is 18.2 Å². The van der Waals surface area contributed by atoms with Gasteiger partial charge in [0.05, 0.1) is 6.10 Å². The van der Waals surface area contributed by atoms with Gasteiger partial charge in [-0.05, 0) is 61.7 Å². The van der Waals surface area contributed by atoms with Crippen LogP contribution in [0.3, 0.4) is 0 Å². The summed E-state index contributed by atoms with van der Waals surface area (Å²) in [5.74, 6) is -2.17. The Morgan fingerprint density at radius 1 is 1.34 bits per heavy atom. The molecule has 7 heteroatoms. The van der Waals surface area contributed by atoms with E-state index >= 15 is 8.78 Å². The second-order valence-corrected chi connectivity index (χ2v) is 9.45. The van der Waals surface area contributed by atoms with E-state index in [0.29, 0.717) is 12.8 Å². The molecule has 0 saturated heterocycles. The van der Waals surface area contributed by atoms with Crippen molar-refractivity contribution in [1.29, 1.82) is 0 Å². The van der Waals surface area contributed by atoms with Crippen LogP contribution >= 0.6 is 0 Å². The highest BCUT2D eigenvalue weighted by molar-refractivity contribution is 6.01. The first kappa shape index (κ1) is 20.4. The molecule has 4 aliphatic carbocycles. The van der Waals surface area contributed by atoms with Crippen LogP contribution in [0, 0.1) is 28.6 Å². The van der Waals surface area contributed by atoms with Gasteiger partial charge in [0.25, 0.3) is 6.47 Å². The number of halogens is 2. The summed E-state index contributed by atoms with van der Waals surface area (Å²) in [5.41, 5.74) is -4.14. The Labute approximate surface area is 168 Å². The third kappa shape index (κ3) is 2.55. The van der Waals surface area contributed by atoms with Gasteiger partial charge in [-0.2, -0.15) is 0 Å². The quantitative estimate of drug-likeness (QED) is 0.724. The lowest BCUT2D eigenvalue weighted by atomic mass is 9.45. The minimum absolute atomic E-state index is 0.0593. The van der Waals surface area contributed by atoms with Gasteiger partial charge in [0, 0.05) is 17.3 Å². The molecule has 3 saturated carbocycles. The van der Waals surface area contributed by atoms with Crippen LogP contribution in [0.1, 0.15) is 39.5 Å². The van der Waals surface area contributed by atoms with Gasteiger partial charge in [-0.3, -0.25) is 14.4 Å². The topological polar surface area (TPSA) is 80.7 Å². The van der Waals surface area contributed by atoms with Crippen LogP contribution in [0.2, 0.25) is 0 Å². The lowest BCUT2D eigenvalue weighted by Gasteiger charge is -2.62. The molecule has 0 aromatic carbocycles. The fourth-order valence-corrected chi connectivity index (χ4v) is 6.95. The van der Waals surface area contributed by atoms with Crippen LogP contribution in [0.5, 0.6) is 0 Å². The van der Waals surface area contributed by atoms with E-state index in [1.54, 1.807) is 6.92 Å². The Kier molecular flexibility index (Phi) is 4.61. The summed E-state index contributed by atoms with van der Waals surface area (Å²) in [4.78, 5) is 34.9. The first-order valence-corrected chi connectivity index (χ1v) is 10.1. The molecular weight excluding hydrogens is 382 g/mol. The Hall–Kier alpha value is -1.89. The van der Waals surface area contributed by atoms with Crippen molar-refractivity contribution in [3.63, 3.8) is 0 Å². The number of allylic oxidation sites excluding steroid dienone is 4. The summed E-state index contributed by atoms with van der Waals surface area (Å²) in [6, 6.07) is 0. The highest BCUT2D eigenvalue weighted by Crippen LogP contribution is 2.69. The molecule has 1 N–H and O–H groups in total. The van der Waals surface area contributed by atoms with E-state index in [0.717, 1.165) is 0 Å². The molecule has 0 heterocycles. The molecule has 0 amide bonds. The van der Waals surface area contributed by atoms with Crippen molar-refractivity contribution in [3.05, 3.63) is 23.8 Å². The van der Waals surface area contributed by atoms with Crippen molar-refractivity contribution in [2.75, 3.05) is 6.61 Å². The lowest BCUT2D eigenvalue weighted by Crippen LogP contribution is -2.68. The van der Waals surface area contributed by atoms with Crippen molar-refractivity contribution in [3.8, 4) is 0 Å². The monoisotopic (exact) mass is 408 g/mol. The summed E-state index contributed by atoms with van der Waals surface area (Å²) < 4.78 is 36.6. The molecule has 0 aliphatic heterocycles. The summed E-state index contributed by atoms with van der Waals surface area (Å²) in [6.07, 6.45) is 1.90. The van der Waals surface area contributed by atoms with Gasteiger partial charge < -0.3 is 9.84 Å². The van der Waals surface area contributed by atoms with E-state index in [1.807, 2.05) is 6.92 Å². The highest BCUT2D eigenvalue weighted by atomic mass is 19.1. The van der Waals surface area contributed by atoms with Crippen LogP contribution in [0.15, 0.2) is 23.8 Å². The molecule has 6 unspecified atom stereocenters. The molecule has 0 aromatic rings. The Bertz CT molecular complexity index is 822. The second kappa shape index (κ2) is 6.56. The maximum atomic E-state index is 16.8. The average molecular weight is 408 g/mol. The van der Waals surface area contributed by atoms with E-state index in [9.17, 15) is 19.5 Å². The van der Waals surface area contributed by atoms with Crippen molar-refractivity contribution in [2.24, 2.45) is 28.6 Å². The second-order valence-electron chi connectivity index (χ2n) is 9.45. The molecule has 0 bridgehead atoms. The van der Waals surface area contributed by atoms with Gasteiger partial charge in [-0.1, -0.05) is 13.0 Å². The van der Waals surface area contributed by atoms with E-state index < -0.39 is 40.6 Å². The van der Waals surface area contributed by atoms with Crippen LogP contribution in [0.25, 0.3) is 0 Å². The predicted octanol–water partition coefficient (Wildman–Crippen LogP) is 2.66. The van der Waals surface area contributed by atoms with Gasteiger partial charge in [-0.25, -0.2) is 8.78 Å². The van der Waals surface area contributed by atoms with Crippen molar-refractivity contribution >= 4 is 18.0 Å². The molecule has 29 heavy (non-hydrogen) atoms. The standard InChI is InChI=1S/C22H26F2O5/c1-20-9-19(28)22(24)15(13(20)3-4-14(20)18(27)10-29-11-25)8-17(23)16-7-12(26)5-6-21(16,22)2/h5-7,11,13-15,17,19,28H,3-4,8-10H2,1-2H3/t13?,14?,15?,17-,19?,20?,21?,22-/m0/s1. The first-order valence-electron chi connectivity index (χ1n) is 10.1. The van der Waals surface area contributed by atoms with Crippen LogP contribution in [-0.4, -0.2) is 47.7 Å². The SMILES string of the molecule is CC12CC(O)[C@@]3(F)C(C[C@H](F)C4=CC(=O)C=CC43C)C1CCC2C(=O)COC=O. The van der Waals surface area contributed by atoms with E-state index in [-0.39, 0.29) is 49.0 Å². The molecule has 0 aromatic heterocycles. The van der Waals surface area contributed by atoms with E-state index in [4.69, 9.17) is 0 Å². The van der Waals surface area contributed by atoms with Gasteiger partial charge in [0.15, 0.2) is 17.2 Å². The van der Waals surface area contributed by atoms with Gasteiger partial charge >= 0.3 is 0 Å². The number of aliphatic hydroxyl groups excluding tert-OH is 1. The van der Waals surface area contributed by atoms with Crippen molar-refractivity contribution in [2.45, 2.75) is 57.5 Å². The van der Waals surface area contributed by atoms with Gasteiger partial charge in [0.2, 0.25) is 0 Å². The fraction of sp³-hybridized carbons (Fsp3) is 0.682. The minimum atomic E-state index is -2.12. The van der Waals surface area contributed by atoms with Crippen LogP contribution in [-0.2, 0) is 19.1 Å². The molecule has 0 radical (unpaired) electrons. The first-order chi connectivity index (χ1) is 13.6. The Balaban J connectivity index is 1.74. The normalized spacial score (nSPS) is 48.2. The highest BCUT2D eigenvalue weighted by Gasteiger charge is 2.72.